The smallest absolute Gasteiger partial charge is 0.224 e. The Hall–Kier alpha value is -1.65. The number of nitrogens with zero attached hydrogens (tertiary/aromatic N) is 1. The molecule has 2 atom stereocenters. The third-order valence-electron chi connectivity index (χ3n) is 5.67. The molecule has 3 rings (SSSR count). The second kappa shape index (κ2) is 10.3. The molecule has 1 fully saturated rings. The Balaban J connectivity index is 1.64. The fraction of sp³-hybridized carbons (Fsp3) is 0.409. The zero-order valence-electron chi connectivity index (χ0n) is 18.3. The van der Waals surface area contributed by atoms with Crippen LogP contribution >= 0.6 is 23.2 Å². The summed E-state index contributed by atoms with van der Waals surface area (Å²) in [5.41, 5.74) is 1.22. The van der Waals surface area contributed by atoms with Crippen LogP contribution in [0.3, 0.4) is 0 Å². The molecule has 1 N–H and O–H groups in total. The number of benzene rings is 2. The van der Waals surface area contributed by atoms with E-state index < -0.39 is 25.8 Å². The van der Waals surface area contributed by atoms with Gasteiger partial charge in [-0.05, 0) is 55.2 Å². The highest BCUT2D eigenvalue weighted by molar-refractivity contribution is 7.90. The van der Waals surface area contributed by atoms with E-state index in [2.05, 4.69) is 5.32 Å². The lowest BCUT2D eigenvalue weighted by atomic mass is 9.98. The first-order valence-electron chi connectivity index (χ1n) is 10.4. The molecule has 7 nitrogen and oxygen atoms in total. The number of hydrogen-bond acceptors (Lipinski definition) is 5. The SMILES string of the molecule is C[C@@H](NC(=O)[C@@H]1CCCN(S(=O)(=O)Cc2ccc(Cl)cc2Cl)C1)c1ccc(S(C)(=O)=O)cc1. The molecule has 1 heterocycles. The van der Waals surface area contributed by atoms with Crippen molar-refractivity contribution in [2.24, 2.45) is 5.92 Å². The van der Waals surface area contributed by atoms with Gasteiger partial charge in [0, 0.05) is 29.4 Å². The van der Waals surface area contributed by atoms with Crippen LogP contribution in [-0.4, -0.2) is 46.4 Å². The number of carbonyl (C=O) groups is 1. The van der Waals surface area contributed by atoms with Gasteiger partial charge in [0.25, 0.3) is 0 Å². The maximum Gasteiger partial charge on any atom is 0.224 e. The molecular formula is C22H26Cl2N2O5S2. The topological polar surface area (TPSA) is 101 Å². The highest BCUT2D eigenvalue weighted by Crippen LogP contribution is 2.27. The number of carbonyl (C=O) groups excluding carboxylic acids is 1. The predicted molar refractivity (Wildman–Crippen MR) is 129 cm³/mol. The summed E-state index contributed by atoms with van der Waals surface area (Å²) in [5, 5.41) is 3.63. The Bertz CT molecular complexity index is 1230. The monoisotopic (exact) mass is 532 g/mol. The van der Waals surface area contributed by atoms with Crippen LogP contribution in [-0.2, 0) is 30.4 Å². The summed E-state index contributed by atoms with van der Waals surface area (Å²) >= 11 is 12.0. The van der Waals surface area contributed by atoms with Crippen molar-refractivity contribution >= 4 is 49.0 Å². The van der Waals surface area contributed by atoms with E-state index in [-0.39, 0.29) is 34.2 Å². The second-order valence-electron chi connectivity index (χ2n) is 8.26. The first kappa shape index (κ1) is 26.0. The van der Waals surface area contributed by atoms with Gasteiger partial charge in [0.1, 0.15) is 0 Å². The summed E-state index contributed by atoms with van der Waals surface area (Å²) in [7, 11) is -6.97. The van der Waals surface area contributed by atoms with E-state index in [4.69, 9.17) is 23.2 Å². The third-order valence-corrected chi connectivity index (χ3v) is 9.18. The largest absolute Gasteiger partial charge is 0.349 e. The van der Waals surface area contributed by atoms with Gasteiger partial charge in [0.15, 0.2) is 9.84 Å². The van der Waals surface area contributed by atoms with Crippen LogP contribution in [0.4, 0.5) is 0 Å². The van der Waals surface area contributed by atoms with Crippen molar-refractivity contribution < 1.29 is 21.6 Å². The van der Waals surface area contributed by atoms with Crippen LogP contribution in [0.15, 0.2) is 47.4 Å². The summed E-state index contributed by atoms with van der Waals surface area (Å²) in [4.78, 5) is 13.1. The standard InChI is InChI=1S/C22H26Cl2N2O5S2/c1-15(16-6-9-20(10-7-16)32(2,28)29)25-22(27)17-4-3-11-26(13-17)33(30,31)14-18-5-8-19(23)12-21(18)24/h5-10,12,15,17H,3-4,11,13-14H2,1-2H3,(H,25,27)/t15-,17-/m1/s1. The number of nitrogens with one attached hydrogen (secondary N) is 1. The van der Waals surface area contributed by atoms with Gasteiger partial charge in [-0.1, -0.05) is 41.4 Å². The van der Waals surface area contributed by atoms with Gasteiger partial charge >= 0.3 is 0 Å². The average Bonchev–Trinajstić information content (AvgIpc) is 2.75. The zero-order valence-corrected chi connectivity index (χ0v) is 21.4. The van der Waals surface area contributed by atoms with Crippen molar-refractivity contribution in [3.8, 4) is 0 Å². The van der Waals surface area contributed by atoms with E-state index in [1.165, 1.54) is 22.5 Å². The fourth-order valence-electron chi connectivity index (χ4n) is 3.75. The highest BCUT2D eigenvalue weighted by Gasteiger charge is 2.33. The Labute approximate surface area is 205 Å². The van der Waals surface area contributed by atoms with Gasteiger partial charge in [-0.2, -0.15) is 0 Å². The summed E-state index contributed by atoms with van der Waals surface area (Å²) in [6.07, 6.45) is 2.29. The van der Waals surface area contributed by atoms with Crippen molar-refractivity contribution in [3.63, 3.8) is 0 Å². The Morgan fingerprint density at radius 2 is 1.79 bits per heavy atom. The molecule has 1 amide bonds. The van der Waals surface area contributed by atoms with Gasteiger partial charge < -0.3 is 5.32 Å². The molecule has 0 bridgehead atoms. The summed E-state index contributed by atoms with van der Waals surface area (Å²) in [6.45, 7) is 2.24. The first-order chi connectivity index (χ1) is 15.4. The number of piperidine rings is 1. The van der Waals surface area contributed by atoms with Gasteiger partial charge in [-0.3, -0.25) is 4.79 Å². The molecule has 1 aliphatic heterocycles. The number of halogens is 2. The van der Waals surface area contributed by atoms with Crippen molar-refractivity contribution in [3.05, 3.63) is 63.6 Å². The van der Waals surface area contributed by atoms with Crippen molar-refractivity contribution in [1.82, 2.24) is 9.62 Å². The van der Waals surface area contributed by atoms with E-state index in [0.29, 0.717) is 30.0 Å². The Kier molecular flexibility index (Phi) is 8.11. The lowest BCUT2D eigenvalue weighted by Crippen LogP contribution is -2.46. The fourth-order valence-corrected chi connectivity index (χ4v) is 6.58. The minimum Gasteiger partial charge on any atom is -0.349 e. The molecule has 0 spiro atoms. The Morgan fingerprint density at radius 3 is 2.39 bits per heavy atom. The molecule has 0 aliphatic carbocycles. The molecular weight excluding hydrogens is 507 g/mol. The first-order valence-corrected chi connectivity index (χ1v) is 14.6. The summed E-state index contributed by atoms with van der Waals surface area (Å²) in [5.74, 6) is -0.980. The molecule has 11 heteroatoms. The maximum atomic E-state index is 13.0. The van der Waals surface area contributed by atoms with Crippen LogP contribution < -0.4 is 5.32 Å². The summed E-state index contributed by atoms with van der Waals surface area (Å²) in [6, 6.07) is 10.7. The van der Waals surface area contributed by atoms with Crippen molar-refractivity contribution in [2.75, 3.05) is 19.3 Å². The van der Waals surface area contributed by atoms with Crippen LogP contribution in [0.5, 0.6) is 0 Å². The van der Waals surface area contributed by atoms with Crippen molar-refractivity contribution in [1.29, 1.82) is 0 Å². The number of sulfone groups is 1. The molecule has 0 unspecified atom stereocenters. The van der Waals surface area contributed by atoms with Gasteiger partial charge in [-0.25, -0.2) is 21.1 Å². The molecule has 2 aromatic carbocycles. The van der Waals surface area contributed by atoms with Gasteiger partial charge in [0.05, 0.1) is 22.6 Å². The molecule has 0 aromatic heterocycles. The van der Waals surface area contributed by atoms with Crippen LogP contribution in [0.25, 0.3) is 0 Å². The van der Waals surface area contributed by atoms with Crippen molar-refractivity contribution in [2.45, 2.75) is 36.5 Å². The predicted octanol–water partition coefficient (Wildman–Crippen LogP) is 3.82. The van der Waals surface area contributed by atoms with E-state index in [1.54, 1.807) is 31.2 Å². The molecule has 180 valence electrons. The van der Waals surface area contributed by atoms with E-state index in [9.17, 15) is 21.6 Å². The molecule has 1 aliphatic rings. The highest BCUT2D eigenvalue weighted by atomic mass is 35.5. The Morgan fingerprint density at radius 1 is 1.12 bits per heavy atom. The second-order valence-corrected chi connectivity index (χ2v) is 13.1. The normalized spacial score (nSPS) is 18.6. The van der Waals surface area contributed by atoms with E-state index in [0.717, 1.165) is 11.8 Å². The molecule has 33 heavy (non-hydrogen) atoms. The van der Waals surface area contributed by atoms with Gasteiger partial charge in [0.2, 0.25) is 15.9 Å². The quantitative estimate of drug-likeness (QED) is 0.584. The van der Waals surface area contributed by atoms with E-state index >= 15 is 0 Å². The number of hydrogen-bond donors (Lipinski definition) is 1. The molecule has 2 aromatic rings. The lowest BCUT2D eigenvalue weighted by Gasteiger charge is -2.32. The molecule has 0 radical (unpaired) electrons. The van der Waals surface area contributed by atoms with Gasteiger partial charge in [-0.15, -0.1) is 0 Å². The third kappa shape index (κ3) is 6.70. The van der Waals surface area contributed by atoms with E-state index in [1.807, 2.05) is 0 Å². The minimum atomic E-state index is -3.67. The minimum absolute atomic E-state index is 0.0963. The average molecular weight is 533 g/mol. The lowest BCUT2D eigenvalue weighted by molar-refractivity contribution is -0.126. The number of rotatable bonds is 7. The summed E-state index contributed by atoms with van der Waals surface area (Å²) < 4.78 is 50.5. The van der Waals surface area contributed by atoms with Crippen LogP contribution in [0, 0.1) is 5.92 Å². The van der Waals surface area contributed by atoms with Crippen LogP contribution in [0.1, 0.15) is 36.9 Å². The molecule has 1 saturated heterocycles. The maximum absolute atomic E-state index is 13.0. The molecule has 0 saturated carbocycles. The van der Waals surface area contributed by atoms with Crippen LogP contribution in [0.2, 0.25) is 10.0 Å². The zero-order chi connectivity index (χ0) is 24.4. The number of sulfonamides is 1. The number of amides is 1.